The molecular weight excluding hydrogens is 457 g/mol. The van der Waals surface area contributed by atoms with E-state index in [1.54, 1.807) is 12.1 Å². The van der Waals surface area contributed by atoms with Gasteiger partial charge in [0.05, 0.1) is 11.1 Å². The Balaban J connectivity index is 1.97. The van der Waals surface area contributed by atoms with Gasteiger partial charge in [0.25, 0.3) is 5.69 Å². The topological polar surface area (TPSA) is 43.1 Å². The van der Waals surface area contributed by atoms with Crippen molar-refractivity contribution in [1.82, 2.24) is 0 Å². The minimum absolute atomic E-state index is 0.0914. The molecule has 0 saturated heterocycles. The van der Waals surface area contributed by atoms with E-state index in [4.69, 9.17) is 0 Å². The minimum atomic E-state index is -2.04. The van der Waals surface area contributed by atoms with Crippen LogP contribution in [0.25, 0.3) is 0 Å². The van der Waals surface area contributed by atoms with Crippen molar-refractivity contribution in [3.8, 4) is 0 Å². The van der Waals surface area contributed by atoms with Gasteiger partial charge in [-0.2, -0.15) is 0 Å². The second-order valence-electron chi connectivity index (χ2n) is 7.01. The molecule has 0 saturated carbocycles. The number of hydrogen-bond donors (Lipinski definition) is 0. The molecule has 0 amide bonds. The Kier molecular flexibility index (Phi) is 6.08. The highest BCUT2D eigenvalue weighted by Gasteiger charge is 2.45. The lowest BCUT2D eigenvalue weighted by molar-refractivity contribution is -0.384. The third-order valence-electron chi connectivity index (χ3n) is 5.25. The van der Waals surface area contributed by atoms with E-state index in [9.17, 15) is 10.1 Å². The van der Waals surface area contributed by atoms with Crippen LogP contribution in [0.3, 0.4) is 0 Å². The predicted molar refractivity (Wildman–Crippen MR) is 130 cm³/mol. The van der Waals surface area contributed by atoms with E-state index in [-0.39, 0.29) is 10.6 Å². The molecule has 0 aliphatic carbocycles. The third kappa shape index (κ3) is 3.94. The summed E-state index contributed by atoms with van der Waals surface area (Å²) in [6, 6.07) is 36.9. The van der Waals surface area contributed by atoms with Crippen LogP contribution in [-0.4, -0.2) is 4.92 Å². The van der Waals surface area contributed by atoms with Gasteiger partial charge in [-0.25, -0.2) is 0 Å². The molecule has 0 radical (unpaired) electrons. The summed E-state index contributed by atoms with van der Waals surface area (Å²) in [4.78, 5) is 10.8. The van der Waals surface area contributed by atoms with Gasteiger partial charge in [0.15, 0.2) is 0 Å². The summed E-state index contributed by atoms with van der Waals surface area (Å²) in [5, 5.41) is 15.1. The Morgan fingerprint density at radius 3 is 1.50 bits per heavy atom. The highest BCUT2D eigenvalue weighted by Crippen LogP contribution is 2.58. The van der Waals surface area contributed by atoms with Crippen LogP contribution in [0.4, 0.5) is 5.69 Å². The number of halogens is 1. The molecule has 4 aromatic carbocycles. The van der Waals surface area contributed by atoms with Crippen LogP contribution in [-0.2, 0) is 6.16 Å². The fourth-order valence-corrected chi connectivity index (χ4v) is 8.80. The van der Waals surface area contributed by atoms with Crippen molar-refractivity contribution in [2.45, 2.75) is 6.16 Å². The van der Waals surface area contributed by atoms with Crippen molar-refractivity contribution in [1.29, 1.82) is 0 Å². The molecule has 0 bridgehead atoms. The lowest BCUT2D eigenvalue weighted by atomic mass is 10.2. The molecule has 5 heteroatoms. The summed E-state index contributed by atoms with van der Waals surface area (Å²) in [6.07, 6.45) is 0.767. The molecule has 0 heterocycles. The maximum Gasteiger partial charge on any atom is 0.270 e. The zero-order valence-electron chi connectivity index (χ0n) is 16.2. The van der Waals surface area contributed by atoms with Gasteiger partial charge in [-0.3, -0.25) is 10.1 Å². The summed E-state index contributed by atoms with van der Waals surface area (Å²) < 4.78 is 0.767. The predicted octanol–water partition coefficient (Wildman–Crippen LogP) is 5.85. The fraction of sp³-hybridized carbons (Fsp3) is 0.0400. The van der Waals surface area contributed by atoms with E-state index in [0.29, 0.717) is 0 Å². The molecule has 0 N–H and O–H groups in total. The Hall–Kier alpha value is -2.81. The van der Waals surface area contributed by atoms with Gasteiger partial charge in [0, 0.05) is 22.2 Å². The summed E-state index contributed by atoms with van der Waals surface area (Å²) in [5.74, 6) is 0. The number of non-ortho nitro benzene ring substituents is 1. The molecule has 0 aliphatic heterocycles. The first-order valence-corrected chi connectivity index (χ1v) is 12.4. The maximum atomic E-state index is 11.2. The van der Waals surface area contributed by atoms with Crippen LogP contribution in [0.5, 0.6) is 0 Å². The first-order valence-electron chi connectivity index (χ1n) is 9.59. The van der Waals surface area contributed by atoms with Crippen LogP contribution in [0.2, 0.25) is 0 Å². The Bertz CT molecular complexity index is 1050. The SMILES string of the molecule is O=[N+]([O-])c1ccc(C[P+](c2ccccc2)(c2ccccc2)c2ccccc2)c(Br)c1. The standard InChI is InChI=1S/C25H20BrNO2P/c26-25-18-21(27(28)29)17-16-20(25)19-30(22-10-4-1-5-11-22,23-12-6-2-7-13-23)24-14-8-3-9-15-24/h1-18H,19H2/q+1. The highest BCUT2D eigenvalue weighted by molar-refractivity contribution is 9.10. The number of nitrogens with zero attached hydrogens (tertiary/aromatic N) is 1. The molecule has 0 spiro atoms. The second kappa shape index (κ2) is 8.91. The molecule has 0 aromatic heterocycles. The first-order chi connectivity index (χ1) is 14.6. The van der Waals surface area contributed by atoms with Gasteiger partial charge in [-0.05, 0) is 42.5 Å². The average molecular weight is 477 g/mol. The van der Waals surface area contributed by atoms with E-state index < -0.39 is 7.26 Å². The summed E-state index contributed by atoms with van der Waals surface area (Å²) in [6.45, 7) is 0. The van der Waals surface area contributed by atoms with Crippen LogP contribution >= 0.6 is 23.2 Å². The van der Waals surface area contributed by atoms with E-state index >= 15 is 0 Å². The van der Waals surface area contributed by atoms with Gasteiger partial charge in [0.2, 0.25) is 0 Å². The van der Waals surface area contributed by atoms with E-state index in [2.05, 4.69) is 88.7 Å². The normalized spacial score (nSPS) is 11.2. The lowest BCUT2D eigenvalue weighted by Crippen LogP contribution is -2.32. The highest BCUT2D eigenvalue weighted by atomic mass is 79.9. The molecular formula is C25H20BrNO2P+. The third-order valence-corrected chi connectivity index (χ3v) is 10.3. The van der Waals surface area contributed by atoms with Crippen LogP contribution in [0.1, 0.15) is 5.56 Å². The number of hydrogen-bond acceptors (Lipinski definition) is 2. The first kappa shape index (κ1) is 20.5. The molecule has 0 fully saturated rings. The number of rotatable bonds is 6. The van der Waals surface area contributed by atoms with Gasteiger partial charge < -0.3 is 0 Å². The quantitative estimate of drug-likeness (QED) is 0.199. The molecule has 148 valence electrons. The van der Waals surface area contributed by atoms with Crippen LogP contribution in [0.15, 0.2) is 114 Å². The van der Waals surface area contributed by atoms with Crippen LogP contribution in [0, 0.1) is 10.1 Å². The minimum Gasteiger partial charge on any atom is -0.258 e. The largest absolute Gasteiger partial charge is 0.270 e. The van der Waals surface area contributed by atoms with E-state index in [1.165, 1.54) is 15.9 Å². The zero-order chi connectivity index (χ0) is 21.0. The van der Waals surface area contributed by atoms with Gasteiger partial charge in [-0.1, -0.05) is 70.5 Å². The lowest BCUT2D eigenvalue weighted by Gasteiger charge is -2.28. The Labute approximate surface area is 185 Å². The van der Waals surface area contributed by atoms with E-state index in [1.807, 2.05) is 24.3 Å². The van der Waals surface area contributed by atoms with Gasteiger partial charge in [0.1, 0.15) is 23.2 Å². The maximum absolute atomic E-state index is 11.2. The monoisotopic (exact) mass is 476 g/mol. The second-order valence-corrected chi connectivity index (χ2v) is 11.3. The molecule has 0 unspecified atom stereocenters. The molecule has 3 nitrogen and oxygen atoms in total. The number of nitro groups is 1. The summed E-state index contributed by atoms with van der Waals surface area (Å²) in [7, 11) is -2.04. The number of nitro benzene ring substituents is 1. The Morgan fingerprint density at radius 1 is 0.700 bits per heavy atom. The molecule has 0 aliphatic rings. The molecule has 4 rings (SSSR count). The summed E-state index contributed by atoms with van der Waals surface area (Å²) >= 11 is 3.60. The molecule has 4 aromatic rings. The summed E-state index contributed by atoms with van der Waals surface area (Å²) in [5.41, 5.74) is 1.15. The Morgan fingerprint density at radius 2 is 1.13 bits per heavy atom. The van der Waals surface area contributed by atoms with Crippen molar-refractivity contribution in [2.75, 3.05) is 0 Å². The molecule has 0 atom stereocenters. The van der Waals surface area contributed by atoms with Crippen LogP contribution < -0.4 is 15.9 Å². The van der Waals surface area contributed by atoms with E-state index in [0.717, 1.165) is 16.2 Å². The average Bonchev–Trinajstić information content (AvgIpc) is 2.80. The molecule has 30 heavy (non-hydrogen) atoms. The van der Waals surface area contributed by atoms with Crippen molar-refractivity contribution >= 4 is 44.8 Å². The van der Waals surface area contributed by atoms with Crippen molar-refractivity contribution in [3.05, 3.63) is 129 Å². The van der Waals surface area contributed by atoms with Gasteiger partial charge >= 0.3 is 0 Å². The fourth-order valence-electron chi connectivity index (χ4n) is 3.80. The number of benzene rings is 4. The van der Waals surface area contributed by atoms with Crippen molar-refractivity contribution < 1.29 is 4.92 Å². The van der Waals surface area contributed by atoms with Crippen molar-refractivity contribution in [2.24, 2.45) is 0 Å². The smallest absolute Gasteiger partial charge is 0.258 e. The van der Waals surface area contributed by atoms with Gasteiger partial charge in [-0.15, -0.1) is 0 Å². The zero-order valence-corrected chi connectivity index (χ0v) is 18.7. The van der Waals surface area contributed by atoms with Crippen molar-refractivity contribution in [3.63, 3.8) is 0 Å².